The van der Waals surface area contributed by atoms with E-state index >= 15 is 0 Å². The molecular weight excluding hydrogens is 314 g/mol. The van der Waals surface area contributed by atoms with Gasteiger partial charge in [0.2, 0.25) is 0 Å². The number of aldehydes is 1. The van der Waals surface area contributed by atoms with Crippen LogP contribution in [0.3, 0.4) is 0 Å². The summed E-state index contributed by atoms with van der Waals surface area (Å²) in [4.78, 5) is 15.0. The Balaban J connectivity index is 0. The maximum Gasteiger partial charge on any atom is 0.133 e. The molecule has 25 heavy (non-hydrogen) atoms. The molecular formula is C20H39N3O2. The maximum atomic E-state index is 10.4. The Hall–Kier alpha value is -1.43. The Bertz CT molecular complexity index is 366. The van der Waals surface area contributed by atoms with Crippen molar-refractivity contribution in [1.29, 1.82) is 0 Å². The molecule has 146 valence electrons. The second kappa shape index (κ2) is 20.6. The van der Waals surface area contributed by atoms with Crippen molar-refractivity contribution in [2.45, 2.75) is 27.7 Å². The van der Waals surface area contributed by atoms with Crippen LogP contribution in [0.4, 0.5) is 0 Å². The summed E-state index contributed by atoms with van der Waals surface area (Å²) in [7, 11) is 3.75. The van der Waals surface area contributed by atoms with Gasteiger partial charge in [0.1, 0.15) is 18.6 Å². The predicted octanol–water partition coefficient (Wildman–Crippen LogP) is 2.77. The van der Waals surface area contributed by atoms with Crippen LogP contribution < -0.4 is 10.1 Å². The van der Waals surface area contributed by atoms with Gasteiger partial charge in [-0.1, -0.05) is 45.9 Å². The average molecular weight is 354 g/mol. The normalized spacial score (nSPS) is 13.8. The first-order valence-electron chi connectivity index (χ1n) is 9.44. The zero-order valence-corrected chi connectivity index (χ0v) is 17.1. The first-order chi connectivity index (χ1) is 12.3. The van der Waals surface area contributed by atoms with Crippen molar-refractivity contribution < 1.29 is 9.53 Å². The molecule has 0 atom stereocenters. The Morgan fingerprint density at radius 3 is 1.92 bits per heavy atom. The summed E-state index contributed by atoms with van der Waals surface area (Å²) in [5.41, 5.74) is 0. The number of hydrogen-bond acceptors (Lipinski definition) is 5. The van der Waals surface area contributed by atoms with Crippen LogP contribution in [0, 0.1) is 0 Å². The molecule has 0 saturated carbocycles. The molecule has 1 aromatic carbocycles. The van der Waals surface area contributed by atoms with E-state index in [9.17, 15) is 4.79 Å². The highest BCUT2D eigenvalue weighted by atomic mass is 16.5. The molecule has 0 aliphatic carbocycles. The molecule has 1 fully saturated rings. The van der Waals surface area contributed by atoms with Crippen LogP contribution >= 0.6 is 0 Å². The van der Waals surface area contributed by atoms with Crippen molar-refractivity contribution in [3.63, 3.8) is 0 Å². The molecule has 0 bridgehead atoms. The third kappa shape index (κ3) is 14.6. The molecule has 1 heterocycles. The van der Waals surface area contributed by atoms with Gasteiger partial charge in [0.25, 0.3) is 0 Å². The third-order valence-corrected chi connectivity index (χ3v) is 3.22. The van der Waals surface area contributed by atoms with E-state index in [1.54, 1.807) is 0 Å². The Labute approximate surface area is 155 Å². The second-order valence-electron chi connectivity index (χ2n) is 4.97. The third-order valence-electron chi connectivity index (χ3n) is 3.22. The van der Waals surface area contributed by atoms with Crippen molar-refractivity contribution in [1.82, 2.24) is 15.1 Å². The molecule has 0 radical (unpaired) electrons. The highest BCUT2D eigenvalue weighted by Crippen LogP contribution is 2.08. The van der Waals surface area contributed by atoms with Crippen LogP contribution in [0.2, 0.25) is 0 Å². The van der Waals surface area contributed by atoms with Crippen LogP contribution in [0.1, 0.15) is 27.7 Å². The van der Waals surface area contributed by atoms with Crippen LogP contribution in [-0.2, 0) is 4.79 Å². The van der Waals surface area contributed by atoms with E-state index in [2.05, 4.69) is 15.1 Å². The molecule has 5 heteroatoms. The number of rotatable bonds is 6. The van der Waals surface area contributed by atoms with E-state index in [-0.39, 0.29) is 0 Å². The lowest BCUT2D eigenvalue weighted by atomic mass is 10.3. The molecule has 0 aromatic heterocycles. The molecule has 1 N–H and O–H groups in total. The van der Waals surface area contributed by atoms with Gasteiger partial charge in [0, 0.05) is 32.7 Å². The fraction of sp³-hybridized carbons (Fsp3) is 0.650. The number of benzene rings is 1. The quantitative estimate of drug-likeness (QED) is 0.797. The highest BCUT2D eigenvalue weighted by Gasteiger charge is 2.15. The number of nitrogens with one attached hydrogen (secondary N) is 1. The summed E-state index contributed by atoms with van der Waals surface area (Å²) in [6.07, 6.45) is 0.980. The minimum Gasteiger partial charge on any atom is -0.492 e. The molecule has 5 nitrogen and oxygen atoms in total. The summed E-state index contributed by atoms with van der Waals surface area (Å²) in [5, 5.41) is 2.75. The first kappa shape index (κ1) is 25.8. The van der Waals surface area contributed by atoms with Crippen molar-refractivity contribution in [3.05, 3.63) is 30.3 Å². The molecule has 1 aliphatic heterocycles. The van der Waals surface area contributed by atoms with Gasteiger partial charge in [-0.3, -0.25) is 9.80 Å². The summed E-state index contributed by atoms with van der Waals surface area (Å²) < 4.78 is 5.67. The first-order valence-corrected chi connectivity index (χ1v) is 9.44. The number of piperazine rings is 1. The van der Waals surface area contributed by atoms with Crippen LogP contribution in [0.5, 0.6) is 5.75 Å². The Morgan fingerprint density at radius 1 is 0.960 bits per heavy atom. The summed E-state index contributed by atoms with van der Waals surface area (Å²) in [6, 6.07) is 9.89. The van der Waals surface area contributed by atoms with Gasteiger partial charge in [-0.25, -0.2) is 0 Å². The van der Waals surface area contributed by atoms with Crippen LogP contribution in [0.15, 0.2) is 30.3 Å². The highest BCUT2D eigenvalue weighted by molar-refractivity contribution is 5.51. The minimum absolute atomic E-state index is 0.564. The fourth-order valence-corrected chi connectivity index (χ4v) is 2.11. The van der Waals surface area contributed by atoms with E-state index in [0.717, 1.165) is 51.4 Å². The largest absolute Gasteiger partial charge is 0.492 e. The van der Waals surface area contributed by atoms with E-state index in [1.807, 2.05) is 72.1 Å². The Kier molecular flexibility index (Phi) is 21.3. The molecule has 0 unspecified atom stereocenters. The lowest BCUT2D eigenvalue weighted by Gasteiger charge is -2.33. The maximum absolute atomic E-state index is 10.4. The van der Waals surface area contributed by atoms with E-state index < -0.39 is 0 Å². The van der Waals surface area contributed by atoms with Gasteiger partial charge < -0.3 is 14.8 Å². The number of carbonyl (C=O) groups excluding carboxylic acids is 1. The van der Waals surface area contributed by atoms with Gasteiger partial charge in [0.15, 0.2) is 0 Å². The van der Waals surface area contributed by atoms with Gasteiger partial charge >= 0.3 is 0 Å². The van der Waals surface area contributed by atoms with Gasteiger partial charge in [-0.2, -0.15) is 0 Å². The predicted molar refractivity (Wildman–Crippen MR) is 109 cm³/mol. The smallest absolute Gasteiger partial charge is 0.133 e. The average Bonchev–Trinajstić information content (AvgIpc) is 2.68. The fourth-order valence-electron chi connectivity index (χ4n) is 2.11. The summed E-state index contributed by atoms with van der Waals surface area (Å²) >= 11 is 0. The minimum atomic E-state index is 0.564. The zero-order chi connectivity index (χ0) is 19.3. The van der Waals surface area contributed by atoms with E-state index in [4.69, 9.17) is 4.74 Å². The standard InChI is InChI=1S/C14H20N2O2.C2H7N.2C2H6/c17-12-10-15-6-8-16(9-7-15)11-13-18-14-4-2-1-3-5-14;1-3-2;2*1-2/h1-5,12H,6-11,13H2;3H,1-2H3;2*1-2H3. The number of para-hydroxylation sites is 1. The zero-order valence-electron chi connectivity index (χ0n) is 17.1. The number of ether oxygens (including phenoxy) is 1. The summed E-state index contributed by atoms with van der Waals surface area (Å²) in [5.74, 6) is 0.928. The van der Waals surface area contributed by atoms with E-state index in [1.165, 1.54) is 0 Å². The van der Waals surface area contributed by atoms with Gasteiger partial charge in [-0.05, 0) is 26.2 Å². The summed E-state index contributed by atoms with van der Waals surface area (Å²) in [6.45, 7) is 14.2. The number of nitrogens with zero attached hydrogens (tertiary/aromatic N) is 2. The number of hydrogen-bond donors (Lipinski definition) is 1. The Morgan fingerprint density at radius 2 is 1.44 bits per heavy atom. The molecule has 0 amide bonds. The van der Waals surface area contributed by atoms with Crippen molar-refractivity contribution in [3.8, 4) is 5.75 Å². The molecule has 2 rings (SSSR count). The van der Waals surface area contributed by atoms with Gasteiger partial charge in [-0.15, -0.1) is 0 Å². The van der Waals surface area contributed by atoms with Crippen molar-refractivity contribution in [2.24, 2.45) is 0 Å². The van der Waals surface area contributed by atoms with Crippen molar-refractivity contribution >= 4 is 6.29 Å². The monoisotopic (exact) mass is 353 g/mol. The van der Waals surface area contributed by atoms with Crippen molar-refractivity contribution in [2.75, 3.05) is 60.0 Å². The van der Waals surface area contributed by atoms with Crippen LogP contribution in [0.25, 0.3) is 0 Å². The lowest BCUT2D eigenvalue weighted by molar-refractivity contribution is -0.109. The number of carbonyl (C=O) groups is 1. The molecule has 1 aliphatic rings. The lowest BCUT2D eigenvalue weighted by Crippen LogP contribution is -2.47. The molecule has 0 spiro atoms. The van der Waals surface area contributed by atoms with Gasteiger partial charge in [0.05, 0.1) is 6.54 Å². The molecule has 1 saturated heterocycles. The SMILES string of the molecule is CC.CC.CNC.O=CCN1CCN(CCOc2ccccc2)CC1. The van der Waals surface area contributed by atoms with Crippen LogP contribution in [-0.4, -0.2) is 76.1 Å². The second-order valence-corrected chi connectivity index (χ2v) is 4.97. The van der Waals surface area contributed by atoms with E-state index in [0.29, 0.717) is 6.54 Å². The topological polar surface area (TPSA) is 44.8 Å². The molecule has 1 aromatic rings.